The Morgan fingerprint density at radius 3 is 2.27 bits per heavy atom. The maximum atomic E-state index is 12.8. The monoisotopic (exact) mass is 293 g/mol. The Bertz CT molecular complexity index is 776. The van der Waals surface area contributed by atoms with Crippen molar-refractivity contribution >= 4 is 17.1 Å². The van der Waals surface area contributed by atoms with Crippen LogP contribution in [0.3, 0.4) is 0 Å². The van der Waals surface area contributed by atoms with Crippen molar-refractivity contribution in [3.05, 3.63) is 71.6 Å². The van der Waals surface area contributed by atoms with Gasteiger partial charge in [-0.15, -0.1) is 0 Å². The molecule has 0 unspecified atom stereocenters. The average molecular weight is 293 g/mol. The maximum absolute atomic E-state index is 12.8. The summed E-state index contributed by atoms with van der Waals surface area (Å²) in [6.07, 6.45) is 0. The number of Topliss-reactive ketones (excluding diaryl/α,β-unsaturated/α-hetero) is 1. The molecule has 1 heterocycles. The Kier molecular flexibility index (Phi) is 3.74. The highest BCUT2D eigenvalue weighted by Gasteiger charge is 2.32. The van der Waals surface area contributed by atoms with E-state index >= 15 is 0 Å². The van der Waals surface area contributed by atoms with Gasteiger partial charge in [0.1, 0.15) is 11.5 Å². The number of benzene rings is 2. The summed E-state index contributed by atoms with van der Waals surface area (Å²) in [4.78, 5) is 17.0. The van der Waals surface area contributed by atoms with E-state index in [4.69, 9.17) is 9.47 Å². The van der Waals surface area contributed by atoms with E-state index in [2.05, 4.69) is 4.99 Å². The van der Waals surface area contributed by atoms with E-state index in [1.807, 2.05) is 36.4 Å². The molecule has 2 aromatic carbocycles. The highest BCUT2D eigenvalue weighted by molar-refractivity contribution is 6.63. The number of rotatable bonds is 5. The van der Waals surface area contributed by atoms with Crippen LogP contribution in [0.15, 0.2) is 65.5 Å². The van der Waals surface area contributed by atoms with Crippen LogP contribution in [0.2, 0.25) is 0 Å². The lowest BCUT2D eigenvalue weighted by Gasteiger charge is -2.21. The molecule has 4 heteroatoms. The predicted molar refractivity (Wildman–Crippen MR) is 85.1 cm³/mol. The summed E-state index contributed by atoms with van der Waals surface area (Å²) in [6, 6.07) is 16.7. The van der Waals surface area contributed by atoms with Crippen LogP contribution in [0, 0.1) is 0 Å². The first-order valence-corrected chi connectivity index (χ1v) is 6.86. The van der Waals surface area contributed by atoms with E-state index < -0.39 is 0 Å². The highest BCUT2D eigenvalue weighted by Crippen LogP contribution is 2.33. The zero-order chi connectivity index (χ0) is 15.5. The quantitative estimate of drug-likeness (QED) is 0.794. The van der Waals surface area contributed by atoms with E-state index in [1.165, 1.54) is 0 Å². The second kappa shape index (κ2) is 5.85. The minimum atomic E-state index is -0.169. The predicted octanol–water partition coefficient (Wildman–Crippen LogP) is 3.35. The third kappa shape index (κ3) is 2.29. The van der Waals surface area contributed by atoms with Gasteiger partial charge < -0.3 is 9.47 Å². The molecule has 1 aliphatic rings. The summed E-state index contributed by atoms with van der Waals surface area (Å²) in [7, 11) is 3.09. The lowest BCUT2D eigenvalue weighted by molar-refractivity contribution is 0.106. The Balaban J connectivity index is 1.98. The van der Waals surface area contributed by atoms with Gasteiger partial charge in [0.2, 0.25) is 11.7 Å². The summed E-state index contributed by atoms with van der Waals surface area (Å²) in [5.41, 5.74) is 2.53. The van der Waals surface area contributed by atoms with Gasteiger partial charge in [-0.2, -0.15) is 0 Å². The van der Waals surface area contributed by atoms with Crippen molar-refractivity contribution in [2.75, 3.05) is 14.2 Å². The minimum absolute atomic E-state index is 0.169. The molecule has 110 valence electrons. The molecule has 0 amide bonds. The molecular formula is C18H15NO3. The van der Waals surface area contributed by atoms with Gasteiger partial charge in [-0.05, 0) is 17.7 Å². The molecule has 0 atom stereocenters. The first-order chi connectivity index (χ1) is 10.8. The summed E-state index contributed by atoms with van der Waals surface area (Å²) in [6.45, 7) is 0. The Labute approximate surface area is 128 Å². The number of methoxy groups -OCH3 is 2. The smallest absolute Gasteiger partial charge is 0.224 e. The summed E-state index contributed by atoms with van der Waals surface area (Å²) < 4.78 is 10.5. The second-order valence-electron chi connectivity index (χ2n) is 4.74. The summed E-state index contributed by atoms with van der Waals surface area (Å²) >= 11 is 0. The van der Waals surface area contributed by atoms with Crippen molar-refractivity contribution in [1.82, 2.24) is 0 Å². The number of ketones is 1. The Morgan fingerprint density at radius 1 is 0.909 bits per heavy atom. The van der Waals surface area contributed by atoms with E-state index in [1.54, 1.807) is 32.4 Å². The molecule has 0 aliphatic carbocycles. The number of allylic oxidation sites excluding steroid dienone is 1. The lowest BCUT2D eigenvalue weighted by Crippen LogP contribution is -2.25. The minimum Gasteiger partial charge on any atom is -0.496 e. The van der Waals surface area contributed by atoms with Crippen LogP contribution in [0.25, 0.3) is 5.57 Å². The van der Waals surface area contributed by atoms with Crippen molar-refractivity contribution < 1.29 is 14.3 Å². The number of aliphatic imine (C=N–C) groups is 1. The molecule has 4 nitrogen and oxygen atoms in total. The van der Waals surface area contributed by atoms with Crippen molar-refractivity contribution in [2.45, 2.75) is 0 Å². The van der Waals surface area contributed by atoms with Crippen molar-refractivity contribution in [3.63, 3.8) is 0 Å². The Morgan fingerprint density at radius 2 is 1.59 bits per heavy atom. The van der Waals surface area contributed by atoms with Gasteiger partial charge in [0.15, 0.2) is 0 Å². The molecule has 0 spiro atoms. The topological polar surface area (TPSA) is 47.9 Å². The highest BCUT2D eigenvalue weighted by atomic mass is 16.5. The zero-order valence-electron chi connectivity index (χ0n) is 12.4. The number of ether oxygens (including phenoxy) is 2. The third-order valence-corrected chi connectivity index (χ3v) is 3.49. The number of hydrogen-bond acceptors (Lipinski definition) is 4. The van der Waals surface area contributed by atoms with Crippen molar-refractivity contribution in [3.8, 4) is 5.75 Å². The summed E-state index contributed by atoms with van der Waals surface area (Å²) in [5.74, 6) is 0.843. The molecule has 0 saturated carbocycles. The van der Waals surface area contributed by atoms with E-state index in [0.717, 1.165) is 11.1 Å². The molecule has 0 radical (unpaired) electrons. The lowest BCUT2D eigenvalue weighted by atomic mass is 9.92. The SMILES string of the molecule is COC1=C(c2ccccc2)C(C(=O)c2ccccc2OC)=N1. The van der Waals surface area contributed by atoms with Crippen LogP contribution in [-0.4, -0.2) is 25.7 Å². The van der Waals surface area contributed by atoms with Gasteiger partial charge in [-0.3, -0.25) is 4.79 Å². The number of carbonyl (C=O) groups is 1. The molecule has 0 saturated heterocycles. The maximum Gasteiger partial charge on any atom is 0.224 e. The van der Waals surface area contributed by atoms with Gasteiger partial charge in [0.25, 0.3) is 0 Å². The number of nitrogens with zero attached hydrogens (tertiary/aromatic N) is 1. The van der Waals surface area contributed by atoms with Crippen molar-refractivity contribution in [1.29, 1.82) is 0 Å². The van der Waals surface area contributed by atoms with Crippen LogP contribution in [0.5, 0.6) is 5.75 Å². The fourth-order valence-electron chi connectivity index (χ4n) is 2.40. The third-order valence-electron chi connectivity index (χ3n) is 3.49. The largest absolute Gasteiger partial charge is 0.496 e. The molecule has 0 N–H and O–H groups in total. The molecule has 0 bridgehead atoms. The molecule has 0 fully saturated rings. The Hall–Kier alpha value is -2.88. The molecule has 2 aromatic rings. The molecule has 1 aliphatic heterocycles. The molecular weight excluding hydrogens is 278 g/mol. The van der Waals surface area contributed by atoms with Gasteiger partial charge >= 0.3 is 0 Å². The van der Waals surface area contributed by atoms with Crippen LogP contribution < -0.4 is 4.74 Å². The molecule has 22 heavy (non-hydrogen) atoms. The van der Waals surface area contributed by atoms with Crippen LogP contribution in [0.1, 0.15) is 15.9 Å². The zero-order valence-corrected chi connectivity index (χ0v) is 12.4. The van der Waals surface area contributed by atoms with Gasteiger partial charge in [0.05, 0.1) is 25.4 Å². The normalized spacial score (nSPS) is 13.3. The van der Waals surface area contributed by atoms with Gasteiger partial charge in [0, 0.05) is 0 Å². The van der Waals surface area contributed by atoms with Crippen LogP contribution in [0.4, 0.5) is 0 Å². The fourth-order valence-corrected chi connectivity index (χ4v) is 2.40. The van der Waals surface area contributed by atoms with E-state index in [9.17, 15) is 4.79 Å². The van der Waals surface area contributed by atoms with E-state index in [-0.39, 0.29) is 5.78 Å². The van der Waals surface area contributed by atoms with E-state index in [0.29, 0.717) is 22.9 Å². The average Bonchev–Trinajstić information content (AvgIpc) is 2.55. The summed E-state index contributed by atoms with van der Waals surface area (Å²) in [5, 5.41) is 0. The van der Waals surface area contributed by atoms with Crippen LogP contribution in [-0.2, 0) is 4.74 Å². The molecule has 0 aromatic heterocycles. The fraction of sp³-hybridized carbons (Fsp3) is 0.111. The molecule has 3 rings (SSSR count). The van der Waals surface area contributed by atoms with Gasteiger partial charge in [-0.25, -0.2) is 4.99 Å². The second-order valence-corrected chi connectivity index (χ2v) is 4.74. The number of hydrogen-bond donors (Lipinski definition) is 0. The first kappa shape index (κ1) is 14.1. The van der Waals surface area contributed by atoms with Crippen molar-refractivity contribution in [2.24, 2.45) is 4.99 Å². The first-order valence-electron chi connectivity index (χ1n) is 6.86. The number of carbonyl (C=O) groups excluding carboxylic acids is 1. The number of para-hydroxylation sites is 1. The van der Waals surface area contributed by atoms with Crippen LogP contribution >= 0.6 is 0 Å². The van der Waals surface area contributed by atoms with Gasteiger partial charge in [-0.1, -0.05) is 42.5 Å². The standard InChI is InChI=1S/C18H15NO3/c1-21-14-11-7-6-10-13(14)17(20)16-15(18(19-16)22-2)12-8-4-3-5-9-12/h3-11H,1-2H3.